The fourth-order valence-electron chi connectivity index (χ4n) is 1.05. The van der Waals surface area contributed by atoms with Gasteiger partial charge in [-0.05, 0) is 13.8 Å². The van der Waals surface area contributed by atoms with Crippen molar-refractivity contribution in [2.45, 2.75) is 26.8 Å². The van der Waals surface area contributed by atoms with E-state index in [1.807, 2.05) is 0 Å². The molecule has 1 aromatic heterocycles. The highest BCUT2D eigenvalue weighted by molar-refractivity contribution is 5.78. The fraction of sp³-hybridized carbons (Fsp3) is 0.600. The van der Waals surface area contributed by atoms with Gasteiger partial charge in [0.15, 0.2) is 0 Å². The SMILES string of the molecule is CC(C)(CNC(=O)CCn1cncn1)C(=O)O. The molecule has 0 saturated carbocycles. The zero-order chi connectivity index (χ0) is 12.9. The Hall–Kier alpha value is -1.92. The Bertz CT molecular complexity index is 386. The first kappa shape index (κ1) is 13.1. The third kappa shape index (κ3) is 4.21. The van der Waals surface area contributed by atoms with Gasteiger partial charge in [-0.25, -0.2) is 4.98 Å². The van der Waals surface area contributed by atoms with Crippen molar-refractivity contribution in [3.63, 3.8) is 0 Å². The molecule has 0 radical (unpaired) electrons. The van der Waals surface area contributed by atoms with Crippen LogP contribution in [0.5, 0.6) is 0 Å². The van der Waals surface area contributed by atoms with E-state index in [0.29, 0.717) is 6.54 Å². The molecular formula is C10H16N4O3. The first-order valence-electron chi connectivity index (χ1n) is 5.24. The summed E-state index contributed by atoms with van der Waals surface area (Å²) < 4.78 is 1.54. The van der Waals surface area contributed by atoms with Crippen molar-refractivity contribution in [2.75, 3.05) is 6.54 Å². The molecule has 7 heteroatoms. The van der Waals surface area contributed by atoms with E-state index in [9.17, 15) is 9.59 Å². The number of aromatic nitrogens is 3. The second-order valence-electron chi connectivity index (χ2n) is 4.37. The van der Waals surface area contributed by atoms with Crippen molar-refractivity contribution in [1.29, 1.82) is 0 Å². The lowest BCUT2D eigenvalue weighted by Gasteiger charge is -2.19. The number of nitrogens with zero attached hydrogens (tertiary/aromatic N) is 3. The number of aryl methyl sites for hydroxylation is 1. The molecule has 17 heavy (non-hydrogen) atoms. The smallest absolute Gasteiger partial charge is 0.310 e. The minimum Gasteiger partial charge on any atom is -0.481 e. The average molecular weight is 240 g/mol. The fourth-order valence-corrected chi connectivity index (χ4v) is 1.05. The van der Waals surface area contributed by atoms with Gasteiger partial charge in [-0.15, -0.1) is 0 Å². The number of amides is 1. The predicted molar refractivity (Wildman–Crippen MR) is 59.1 cm³/mol. The van der Waals surface area contributed by atoms with Crippen molar-refractivity contribution in [2.24, 2.45) is 5.41 Å². The number of carboxylic acids is 1. The van der Waals surface area contributed by atoms with Crippen molar-refractivity contribution >= 4 is 11.9 Å². The molecule has 1 heterocycles. The van der Waals surface area contributed by atoms with Crippen LogP contribution in [0.2, 0.25) is 0 Å². The Labute approximate surface area is 98.8 Å². The summed E-state index contributed by atoms with van der Waals surface area (Å²) in [5.74, 6) is -1.14. The Morgan fingerprint density at radius 2 is 2.18 bits per heavy atom. The van der Waals surface area contributed by atoms with Crippen LogP contribution in [-0.2, 0) is 16.1 Å². The van der Waals surface area contributed by atoms with Gasteiger partial charge in [0, 0.05) is 13.0 Å². The summed E-state index contributed by atoms with van der Waals surface area (Å²) in [7, 11) is 0. The third-order valence-electron chi connectivity index (χ3n) is 2.34. The first-order valence-corrected chi connectivity index (χ1v) is 5.24. The second-order valence-corrected chi connectivity index (χ2v) is 4.37. The summed E-state index contributed by atoms with van der Waals surface area (Å²) >= 11 is 0. The molecule has 1 aromatic rings. The molecule has 0 spiro atoms. The summed E-state index contributed by atoms with van der Waals surface area (Å²) in [6.07, 6.45) is 3.17. The standard InChI is InChI=1S/C10H16N4O3/c1-10(2,9(16)17)5-12-8(15)3-4-14-7-11-6-13-14/h6-7H,3-5H2,1-2H3,(H,12,15)(H,16,17). The molecular weight excluding hydrogens is 224 g/mol. The van der Waals surface area contributed by atoms with Crippen LogP contribution in [0.1, 0.15) is 20.3 Å². The quantitative estimate of drug-likeness (QED) is 0.723. The summed E-state index contributed by atoms with van der Waals surface area (Å²) in [6, 6.07) is 0. The van der Waals surface area contributed by atoms with Crippen LogP contribution in [-0.4, -0.2) is 38.3 Å². The molecule has 0 bridgehead atoms. The molecule has 0 unspecified atom stereocenters. The number of rotatable bonds is 6. The molecule has 0 fully saturated rings. The van der Waals surface area contributed by atoms with E-state index in [1.54, 1.807) is 18.5 Å². The van der Waals surface area contributed by atoms with E-state index in [1.165, 1.54) is 12.7 Å². The Kier molecular flexibility index (Phi) is 4.19. The van der Waals surface area contributed by atoms with Gasteiger partial charge in [-0.2, -0.15) is 5.10 Å². The summed E-state index contributed by atoms with van der Waals surface area (Å²) in [4.78, 5) is 26.0. The van der Waals surface area contributed by atoms with Gasteiger partial charge in [0.1, 0.15) is 12.7 Å². The van der Waals surface area contributed by atoms with Gasteiger partial charge in [0.2, 0.25) is 5.91 Å². The van der Waals surface area contributed by atoms with Gasteiger partial charge < -0.3 is 10.4 Å². The largest absolute Gasteiger partial charge is 0.481 e. The number of aliphatic carboxylic acids is 1. The van der Waals surface area contributed by atoms with Gasteiger partial charge in [0.25, 0.3) is 0 Å². The molecule has 94 valence electrons. The third-order valence-corrected chi connectivity index (χ3v) is 2.34. The van der Waals surface area contributed by atoms with Gasteiger partial charge in [0.05, 0.1) is 12.0 Å². The van der Waals surface area contributed by atoms with Gasteiger partial charge >= 0.3 is 5.97 Å². The maximum atomic E-state index is 11.4. The zero-order valence-corrected chi connectivity index (χ0v) is 9.88. The van der Waals surface area contributed by atoms with Crippen molar-refractivity contribution in [3.8, 4) is 0 Å². The number of hydrogen-bond acceptors (Lipinski definition) is 4. The zero-order valence-electron chi connectivity index (χ0n) is 9.88. The average Bonchev–Trinajstić information content (AvgIpc) is 2.76. The first-order chi connectivity index (χ1) is 7.92. The number of carboxylic acid groups (broad SMARTS) is 1. The normalized spacial score (nSPS) is 11.2. The minimum atomic E-state index is -0.955. The van der Waals surface area contributed by atoms with Crippen molar-refractivity contribution in [1.82, 2.24) is 20.1 Å². The molecule has 0 aliphatic carbocycles. The lowest BCUT2D eigenvalue weighted by molar-refractivity contribution is -0.146. The summed E-state index contributed by atoms with van der Waals surface area (Å²) in [5.41, 5.74) is -0.955. The molecule has 0 atom stereocenters. The van der Waals surface area contributed by atoms with Crippen molar-refractivity contribution < 1.29 is 14.7 Å². The molecule has 2 N–H and O–H groups in total. The van der Waals surface area contributed by atoms with E-state index in [-0.39, 0.29) is 18.9 Å². The van der Waals surface area contributed by atoms with E-state index in [2.05, 4.69) is 15.4 Å². The molecule has 7 nitrogen and oxygen atoms in total. The summed E-state index contributed by atoms with van der Waals surface area (Å²) in [6.45, 7) is 3.66. The Balaban J connectivity index is 2.28. The van der Waals surface area contributed by atoms with Gasteiger partial charge in [-0.3, -0.25) is 14.3 Å². The number of hydrogen-bond donors (Lipinski definition) is 2. The van der Waals surface area contributed by atoms with Crippen LogP contribution in [0.3, 0.4) is 0 Å². The maximum absolute atomic E-state index is 11.4. The summed E-state index contributed by atoms with van der Waals surface area (Å²) in [5, 5.41) is 15.3. The van der Waals surface area contributed by atoms with Crippen molar-refractivity contribution in [3.05, 3.63) is 12.7 Å². The van der Waals surface area contributed by atoms with Crippen LogP contribution < -0.4 is 5.32 Å². The van der Waals surface area contributed by atoms with E-state index in [0.717, 1.165) is 0 Å². The Morgan fingerprint density at radius 1 is 1.47 bits per heavy atom. The van der Waals surface area contributed by atoms with Gasteiger partial charge in [-0.1, -0.05) is 0 Å². The maximum Gasteiger partial charge on any atom is 0.310 e. The highest BCUT2D eigenvalue weighted by Crippen LogP contribution is 2.12. The lowest BCUT2D eigenvalue weighted by atomic mass is 9.94. The van der Waals surface area contributed by atoms with E-state index in [4.69, 9.17) is 5.11 Å². The molecule has 1 rings (SSSR count). The van der Waals surface area contributed by atoms with Crippen LogP contribution in [0, 0.1) is 5.41 Å². The van der Waals surface area contributed by atoms with E-state index >= 15 is 0 Å². The predicted octanol–water partition coefficient (Wildman–Crippen LogP) is -0.105. The topological polar surface area (TPSA) is 97.1 Å². The molecule has 0 aliphatic rings. The molecule has 0 aliphatic heterocycles. The van der Waals surface area contributed by atoms with Crippen LogP contribution in [0.4, 0.5) is 0 Å². The minimum absolute atomic E-state index is 0.110. The van der Waals surface area contributed by atoms with E-state index < -0.39 is 11.4 Å². The van der Waals surface area contributed by atoms with Crippen LogP contribution in [0.25, 0.3) is 0 Å². The highest BCUT2D eigenvalue weighted by atomic mass is 16.4. The lowest BCUT2D eigenvalue weighted by Crippen LogP contribution is -2.39. The molecule has 0 aromatic carbocycles. The highest BCUT2D eigenvalue weighted by Gasteiger charge is 2.27. The molecule has 0 saturated heterocycles. The Morgan fingerprint density at radius 3 is 2.71 bits per heavy atom. The number of carbonyl (C=O) groups is 2. The van der Waals surface area contributed by atoms with Crippen LogP contribution in [0.15, 0.2) is 12.7 Å². The molecule has 1 amide bonds. The van der Waals surface area contributed by atoms with Crippen LogP contribution >= 0.6 is 0 Å². The second kappa shape index (κ2) is 5.42. The number of nitrogens with one attached hydrogen (secondary N) is 1. The monoisotopic (exact) mass is 240 g/mol. The number of carbonyl (C=O) groups excluding carboxylic acids is 1.